The Labute approximate surface area is 49.2 Å². The van der Waals surface area contributed by atoms with E-state index in [0.29, 0.717) is 6.54 Å². The first kappa shape index (κ1) is 5.32. The standard InChI is InChI=1S/C7H9N/c1-2-3-6-4-7(6)5-8/h2-4H,1,5,8H2/b6-3-. The van der Waals surface area contributed by atoms with Gasteiger partial charge >= 0.3 is 0 Å². The van der Waals surface area contributed by atoms with Crippen LogP contribution in [0, 0.1) is 0 Å². The third kappa shape index (κ3) is 0.873. The molecule has 0 aromatic carbocycles. The maximum atomic E-state index is 5.31. The smallest absolute Gasteiger partial charge is 0.0184 e. The Bertz CT molecular complexity index is 163. The van der Waals surface area contributed by atoms with Gasteiger partial charge in [0.2, 0.25) is 0 Å². The van der Waals surface area contributed by atoms with Gasteiger partial charge < -0.3 is 5.73 Å². The molecule has 0 bridgehead atoms. The van der Waals surface area contributed by atoms with Gasteiger partial charge in [0.05, 0.1) is 0 Å². The molecular formula is C7H9N. The van der Waals surface area contributed by atoms with Crippen LogP contribution in [0.25, 0.3) is 0 Å². The van der Waals surface area contributed by atoms with Crippen molar-refractivity contribution in [2.75, 3.05) is 6.54 Å². The summed E-state index contributed by atoms with van der Waals surface area (Å²) in [5.74, 6) is 0. The maximum absolute atomic E-state index is 5.31. The van der Waals surface area contributed by atoms with E-state index in [1.807, 2.05) is 6.08 Å². The lowest BCUT2D eigenvalue weighted by Gasteiger charge is -1.76. The highest BCUT2D eigenvalue weighted by molar-refractivity contribution is 5.58. The minimum Gasteiger partial charge on any atom is -0.326 e. The molecule has 1 aliphatic carbocycles. The first-order valence-corrected chi connectivity index (χ1v) is 2.62. The van der Waals surface area contributed by atoms with E-state index < -0.39 is 0 Å². The topological polar surface area (TPSA) is 26.0 Å². The van der Waals surface area contributed by atoms with E-state index in [4.69, 9.17) is 5.73 Å². The van der Waals surface area contributed by atoms with E-state index in [-0.39, 0.29) is 0 Å². The Morgan fingerprint density at radius 2 is 2.50 bits per heavy atom. The summed E-state index contributed by atoms with van der Waals surface area (Å²) < 4.78 is 0. The van der Waals surface area contributed by atoms with Crippen molar-refractivity contribution in [2.24, 2.45) is 5.73 Å². The van der Waals surface area contributed by atoms with Gasteiger partial charge in [-0.3, -0.25) is 0 Å². The zero-order valence-electron chi connectivity index (χ0n) is 4.72. The summed E-state index contributed by atoms with van der Waals surface area (Å²) in [6.45, 7) is 4.23. The van der Waals surface area contributed by atoms with Crippen LogP contribution in [0.2, 0.25) is 0 Å². The van der Waals surface area contributed by atoms with Gasteiger partial charge in [-0.05, 0) is 17.2 Å². The average molecular weight is 107 g/mol. The first-order valence-electron chi connectivity index (χ1n) is 2.62. The normalized spacial score (nSPS) is 20.6. The van der Waals surface area contributed by atoms with Crippen LogP contribution in [0.15, 0.2) is 36.0 Å². The van der Waals surface area contributed by atoms with Crippen molar-refractivity contribution in [3.8, 4) is 0 Å². The van der Waals surface area contributed by atoms with Gasteiger partial charge in [-0.1, -0.05) is 18.7 Å². The van der Waals surface area contributed by atoms with E-state index in [0.717, 1.165) is 0 Å². The summed E-state index contributed by atoms with van der Waals surface area (Å²) in [6.07, 6.45) is 5.79. The SMILES string of the molecule is C=C/C=C1C=C/1CN. The van der Waals surface area contributed by atoms with Crippen LogP contribution in [0.3, 0.4) is 0 Å². The largest absolute Gasteiger partial charge is 0.326 e. The van der Waals surface area contributed by atoms with Gasteiger partial charge in [-0.15, -0.1) is 0 Å². The zero-order valence-corrected chi connectivity index (χ0v) is 4.72. The van der Waals surface area contributed by atoms with Crippen molar-refractivity contribution < 1.29 is 0 Å². The highest BCUT2D eigenvalue weighted by Crippen LogP contribution is 2.25. The second kappa shape index (κ2) is 1.97. The molecule has 0 amide bonds. The number of rotatable bonds is 2. The van der Waals surface area contributed by atoms with Crippen LogP contribution < -0.4 is 5.73 Å². The van der Waals surface area contributed by atoms with E-state index in [9.17, 15) is 0 Å². The molecule has 0 aliphatic heterocycles. The predicted octanol–water partition coefficient (Wildman–Crippen LogP) is 0.998. The summed E-state index contributed by atoms with van der Waals surface area (Å²) in [4.78, 5) is 0. The molecule has 0 fully saturated rings. The Kier molecular flexibility index (Phi) is 1.31. The molecule has 0 unspecified atom stereocenters. The minimum atomic E-state index is 0.666. The molecule has 0 radical (unpaired) electrons. The van der Waals surface area contributed by atoms with Gasteiger partial charge in [0.25, 0.3) is 0 Å². The van der Waals surface area contributed by atoms with Crippen molar-refractivity contribution >= 4 is 0 Å². The van der Waals surface area contributed by atoms with Crippen LogP contribution in [0.1, 0.15) is 0 Å². The molecule has 0 saturated heterocycles. The first-order chi connectivity index (χ1) is 3.88. The number of allylic oxidation sites excluding steroid dienone is 3. The van der Waals surface area contributed by atoms with E-state index in [2.05, 4.69) is 12.7 Å². The molecule has 1 aliphatic rings. The van der Waals surface area contributed by atoms with Crippen molar-refractivity contribution in [1.82, 2.24) is 0 Å². The molecule has 42 valence electrons. The molecule has 0 saturated carbocycles. The third-order valence-electron chi connectivity index (χ3n) is 1.13. The summed E-state index contributed by atoms with van der Waals surface area (Å²) in [6, 6.07) is 0. The molecule has 1 rings (SSSR count). The van der Waals surface area contributed by atoms with Crippen molar-refractivity contribution in [1.29, 1.82) is 0 Å². The Hall–Kier alpha value is -0.820. The molecule has 8 heavy (non-hydrogen) atoms. The lowest BCUT2D eigenvalue weighted by Crippen LogP contribution is -1.94. The summed E-state index contributed by atoms with van der Waals surface area (Å²) in [5.41, 5.74) is 7.82. The molecule has 0 atom stereocenters. The molecular weight excluding hydrogens is 98.1 g/mol. The fourth-order valence-electron chi connectivity index (χ4n) is 0.611. The van der Waals surface area contributed by atoms with Gasteiger partial charge in [0.1, 0.15) is 0 Å². The van der Waals surface area contributed by atoms with Crippen LogP contribution in [0.4, 0.5) is 0 Å². The fraction of sp³-hybridized carbons (Fsp3) is 0.143. The number of nitrogens with two attached hydrogens (primary N) is 1. The molecule has 2 N–H and O–H groups in total. The number of hydrogen-bond acceptors (Lipinski definition) is 1. The lowest BCUT2D eigenvalue weighted by molar-refractivity contribution is 1.22. The average Bonchev–Trinajstić information content (AvgIpc) is 2.48. The summed E-state index contributed by atoms with van der Waals surface area (Å²) >= 11 is 0. The van der Waals surface area contributed by atoms with Gasteiger partial charge in [-0.2, -0.15) is 0 Å². The van der Waals surface area contributed by atoms with E-state index in [1.165, 1.54) is 11.1 Å². The second-order valence-corrected chi connectivity index (χ2v) is 1.73. The highest BCUT2D eigenvalue weighted by Gasteiger charge is 2.11. The highest BCUT2D eigenvalue weighted by atomic mass is 14.5. The van der Waals surface area contributed by atoms with Crippen LogP contribution >= 0.6 is 0 Å². The summed E-state index contributed by atoms with van der Waals surface area (Å²) in [7, 11) is 0. The number of hydrogen-bond donors (Lipinski definition) is 1. The minimum absolute atomic E-state index is 0.666. The van der Waals surface area contributed by atoms with E-state index >= 15 is 0 Å². The molecule has 1 nitrogen and oxygen atoms in total. The molecule has 1 heteroatoms. The predicted molar refractivity (Wildman–Crippen MR) is 35.4 cm³/mol. The Morgan fingerprint density at radius 3 is 2.88 bits per heavy atom. The monoisotopic (exact) mass is 107 g/mol. The Balaban J connectivity index is 2.42. The van der Waals surface area contributed by atoms with Gasteiger partial charge in [0, 0.05) is 6.54 Å². The molecule has 0 spiro atoms. The van der Waals surface area contributed by atoms with Crippen LogP contribution in [0.5, 0.6) is 0 Å². The van der Waals surface area contributed by atoms with Crippen molar-refractivity contribution in [3.05, 3.63) is 36.0 Å². The van der Waals surface area contributed by atoms with Crippen molar-refractivity contribution in [2.45, 2.75) is 0 Å². The maximum Gasteiger partial charge on any atom is 0.0184 e. The van der Waals surface area contributed by atoms with Gasteiger partial charge in [-0.25, -0.2) is 0 Å². The van der Waals surface area contributed by atoms with Crippen molar-refractivity contribution in [3.63, 3.8) is 0 Å². The quantitative estimate of drug-likeness (QED) is 0.559. The van der Waals surface area contributed by atoms with E-state index in [1.54, 1.807) is 6.08 Å². The van der Waals surface area contributed by atoms with Crippen LogP contribution in [-0.2, 0) is 0 Å². The molecule has 0 aromatic heterocycles. The Morgan fingerprint density at radius 1 is 1.75 bits per heavy atom. The second-order valence-electron chi connectivity index (χ2n) is 1.73. The third-order valence-corrected chi connectivity index (χ3v) is 1.13. The lowest BCUT2D eigenvalue weighted by atomic mass is 10.4. The molecule has 0 heterocycles. The molecule has 0 aromatic rings. The summed E-state index contributed by atoms with van der Waals surface area (Å²) in [5, 5.41) is 0. The fourth-order valence-corrected chi connectivity index (χ4v) is 0.611. The zero-order chi connectivity index (χ0) is 5.98. The van der Waals surface area contributed by atoms with Crippen LogP contribution in [-0.4, -0.2) is 6.54 Å². The van der Waals surface area contributed by atoms with Gasteiger partial charge in [0.15, 0.2) is 0 Å².